The van der Waals surface area contributed by atoms with Crippen molar-refractivity contribution in [1.82, 2.24) is 9.55 Å². The second-order valence-electron chi connectivity index (χ2n) is 7.76. The molecule has 2 N–H and O–H groups in total. The summed E-state index contributed by atoms with van der Waals surface area (Å²) in [4.78, 5) is 18.4. The van der Waals surface area contributed by atoms with Gasteiger partial charge in [0.25, 0.3) is 5.91 Å². The lowest BCUT2D eigenvalue weighted by Gasteiger charge is -2.31. The Balaban J connectivity index is 1.74. The fourth-order valence-corrected chi connectivity index (χ4v) is 4.40. The zero-order chi connectivity index (χ0) is 22.9. The first kappa shape index (κ1) is 20.6. The van der Waals surface area contributed by atoms with Crippen LogP contribution in [0.3, 0.4) is 0 Å². The van der Waals surface area contributed by atoms with Crippen molar-refractivity contribution in [2.75, 3.05) is 24.9 Å². The van der Waals surface area contributed by atoms with Crippen LogP contribution in [-0.2, 0) is 4.79 Å². The molecule has 1 unspecified atom stereocenters. The van der Waals surface area contributed by atoms with Crippen LogP contribution in [0.15, 0.2) is 84.1 Å². The van der Waals surface area contributed by atoms with E-state index in [0.717, 1.165) is 28.0 Å². The second-order valence-corrected chi connectivity index (χ2v) is 7.76. The summed E-state index contributed by atoms with van der Waals surface area (Å²) in [6.45, 7) is 1.89. The second kappa shape index (κ2) is 8.35. The number of allylic oxidation sites excluding steroid dienone is 1. The van der Waals surface area contributed by atoms with Crippen molar-refractivity contribution in [3.05, 3.63) is 89.6 Å². The van der Waals surface area contributed by atoms with Gasteiger partial charge in [-0.15, -0.1) is 0 Å². The number of nitrogens with one attached hydrogen (secondary N) is 2. The highest BCUT2D eigenvalue weighted by Crippen LogP contribution is 2.45. The predicted molar refractivity (Wildman–Crippen MR) is 129 cm³/mol. The van der Waals surface area contributed by atoms with Gasteiger partial charge in [-0.25, -0.2) is 4.98 Å². The molecule has 1 amide bonds. The molecule has 1 aromatic heterocycles. The summed E-state index contributed by atoms with van der Waals surface area (Å²) >= 11 is 0. The fraction of sp³-hybridized carbons (Fsp3) is 0.154. The Kier molecular flexibility index (Phi) is 5.22. The number of hydrogen-bond acceptors (Lipinski definition) is 5. The number of aromatic nitrogens is 2. The molecule has 7 nitrogen and oxygen atoms in total. The van der Waals surface area contributed by atoms with Gasteiger partial charge in [-0.1, -0.05) is 42.5 Å². The van der Waals surface area contributed by atoms with Crippen LogP contribution in [0.4, 0.5) is 11.6 Å². The Labute approximate surface area is 191 Å². The van der Waals surface area contributed by atoms with Gasteiger partial charge in [0.2, 0.25) is 5.95 Å². The van der Waals surface area contributed by atoms with E-state index in [2.05, 4.69) is 10.6 Å². The van der Waals surface area contributed by atoms with E-state index >= 15 is 0 Å². The number of rotatable bonds is 5. The van der Waals surface area contributed by atoms with Crippen molar-refractivity contribution < 1.29 is 14.3 Å². The zero-order valence-corrected chi connectivity index (χ0v) is 18.6. The van der Waals surface area contributed by atoms with Crippen LogP contribution in [0, 0.1) is 0 Å². The molecule has 5 rings (SSSR count). The smallest absolute Gasteiger partial charge is 0.255 e. The monoisotopic (exact) mass is 440 g/mol. The van der Waals surface area contributed by atoms with Crippen LogP contribution in [0.25, 0.3) is 11.0 Å². The van der Waals surface area contributed by atoms with Gasteiger partial charge in [0, 0.05) is 16.9 Å². The number of ether oxygens (including phenoxy) is 2. The van der Waals surface area contributed by atoms with E-state index in [4.69, 9.17) is 14.5 Å². The molecule has 0 fully saturated rings. The number of imidazole rings is 1. The third-order valence-electron chi connectivity index (χ3n) is 5.84. The van der Waals surface area contributed by atoms with E-state index in [0.29, 0.717) is 23.0 Å². The minimum absolute atomic E-state index is 0.204. The number of methoxy groups -OCH3 is 2. The number of para-hydroxylation sites is 4. The number of carbonyl (C=O) groups excluding carboxylic acids is 1. The average molecular weight is 441 g/mol. The number of amides is 1. The van der Waals surface area contributed by atoms with Crippen molar-refractivity contribution in [2.45, 2.75) is 13.0 Å². The molecule has 0 saturated heterocycles. The maximum atomic E-state index is 13.7. The van der Waals surface area contributed by atoms with E-state index in [1.807, 2.05) is 84.3 Å². The van der Waals surface area contributed by atoms with Crippen molar-refractivity contribution in [2.24, 2.45) is 0 Å². The van der Waals surface area contributed by atoms with Crippen molar-refractivity contribution in [3.8, 4) is 11.5 Å². The molecule has 3 aromatic carbocycles. The molecule has 166 valence electrons. The number of carbonyl (C=O) groups is 1. The number of fused-ring (bicyclic) bond motifs is 3. The molecule has 1 aliphatic heterocycles. The summed E-state index contributed by atoms with van der Waals surface area (Å²) in [7, 11) is 3.21. The minimum atomic E-state index is -0.484. The summed E-state index contributed by atoms with van der Waals surface area (Å²) in [5.41, 5.74) is 4.57. The minimum Gasteiger partial charge on any atom is -0.493 e. The van der Waals surface area contributed by atoms with E-state index < -0.39 is 6.04 Å². The first-order valence-electron chi connectivity index (χ1n) is 10.6. The third kappa shape index (κ3) is 3.47. The van der Waals surface area contributed by atoms with Crippen LogP contribution < -0.4 is 20.1 Å². The molecule has 0 saturated carbocycles. The first-order chi connectivity index (χ1) is 16.1. The highest BCUT2D eigenvalue weighted by atomic mass is 16.5. The summed E-state index contributed by atoms with van der Waals surface area (Å²) in [6, 6.07) is 22.5. The Morgan fingerprint density at radius 3 is 2.48 bits per heavy atom. The summed E-state index contributed by atoms with van der Waals surface area (Å²) < 4.78 is 13.4. The molecule has 0 aliphatic carbocycles. The lowest BCUT2D eigenvalue weighted by Crippen LogP contribution is -2.31. The van der Waals surface area contributed by atoms with Gasteiger partial charge >= 0.3 is 0 Å². The lowest BCUT2D eigenvalue weighted by molar-refractivity contribution is -0.113. The van der Waals surface area contributed by atoms with E-state index in [1.54, 1.807) is 14.2 Å². The molecule has 1 atom stereocenters. The molecule has 1 aliphatic rings. The van der Waals surface area contributed by atoms with Crippen molar-refractivity contribution in [3.63, 3.8) is 0 Å². The van der Waals surface area contributed by atoms with Crippen molar-refractivity contribution >= 4 is 28.6 Å². The maximum absolute atomic E-state index is 13.7. The average Bonchev–Trinajstić information content (AvgIpc) is 3.21. The Hall–Kier alpha value is -4.26. The summed E-state index contributed by atoms with van der Waals surface area (Å²) in [6.07, 6.45) is 0. The molecule has 2 heterocycles. The van der Waals surface area contributed by atoms with Gasteiger partial charge < -0.3 is 20.1 Å². The summed E-state index contributed by atoms with van der Waals surface area (Å²) in [5.74, 6) is 1.64. The van der Waals surface area contributed by atoms with Gasteiger partial charge in [-0.3, -0.25) is 9.36 Å². The lowest BCUT2D eigenvalue weighted by atomic mass is 9.93. The number of anilines is 2. The Bertz CT molecular complexity index is 1380. The molecule has 7 heteroatoms. The van der Waals surface area contributed by atoms with E-state index in [1.165, 1.54) is 0 Å². The first-order valence-corrected chi connectivity index (χ1v) is 10.6. The molecule has 0 bridgehead atoms. The van der Waals surface area contributed by atoms with Gasteiger partial charge in [0.05, 0.1) is 36.9 Å². The third-order valence-corrected chi connectivity index (χ3v) is 5.84. The van der Waals surface area contributed by atoms with Gasteiger partial charge in [-0.05, 0) is 37.3 Å². The van der Waals surface area contributed by atoms with Crippen LogP contribution in [0.1, 0.15) is 18.5 Å². The number of nitrogens with zero attached hydrogens (tertiary/aromatic N) is 2. The topological polar surface area (TPSA) is 77.4 Å². The molecule has 0 spiro atoms. The van der Waals surface area contributed by atoms with Crippen LogP contribution in [-0.4, -0.2) is 29.7 Å². The SMILES string of the molecule is COc1cccc(C2C(C(=O)Nc3ccccc3)=C(C)Nc3nc4ccccc4n32)c1OC. The molecule has 4 aromatic rings. The van der Waals surface area contributed by atoms with E-state index in [-0.39, 0.29) is 5.91 Å². The van der Waals surface area contributed by atoms with Gasteiger partial charge in [0.1, 0.15) is 0 Å². The molecular weight excluding hydrogens is 416 g/mol. The normalized spacial score (nSPS) is 15.1. The number of hydrogen-bond donors (Lipinski definition) is 2. The highest BCUT2D eigenvalue weighted by Gasteiger charge is 2.36. The molecular formula is C26H24N4O3. The standard InChI is InChI=1S/C26H24N4O3/c1-16-22(25(31)28-17-10-5-4-6-11-17)23(18-12-9-15-21(32-2)24(18)33-3)30-20-14-8-7-13-19(20)29-26(30)27-16/h4-15,23H,1-3H3,(H,27,29)(H,28,31). The quantitative estimate of drug-likeness (QED) is 0.458. The Morgan fingerprint density at radius 1 is 0.970 bits per heavy atom. The summed E-state index contributed by atoms with van der Waals surface area (Å²) in [5, 5.41) is 6.37. The van der Waals surface area contributed by atoms with Crippen LogP contribution >= 0.6 is 0 Å². The van der Waals surface area contributed by atoms with Crippen molar-refractivity contribution in [1.29, 1.82) is 0 Å². The fourth-order valence-electron chi connectivity index (χ4n) is 4.40. The maximum Gasteiger partial charge on any atom is 0.255 e. The highest BCUT2D eigenvalue weighted by molar-refractivity contribution is 6.06. The van der Waals surface area contributed by atoms with Crippen LogP contribution in [0.5, 0.6) is 11.5 Å². The molecule has 0 radical (unpaired) electrons. The Morgan fingerprint density at radius 2 is 1.73 bits per heavy atom. The van der Waals surface area contributed by atoms with Crippen LogP contribution in [0.2, 0.25) is 0 Å². The predicted octanol–water partition coefficient (Wildman–Crippen LogP) is 4.98. The zero-order valence-electron chi connectivity index (χ0n) is 18.6. The molecule has 33 heavy (non-hydrogen) atoms. The van der Waals surface area contributed by atoms with E-state index in [9.17, 15) is 4.79 Å². The van der Waals surface area contributed by atoms with Gasteiger partial charge in [0.15, 0.2) is 11.5 Å². The largest absolute Gasteiger partial charge is 0.493 e. The van der Waals surface area contributed by atoms with Gasteiger partial charge in [-0.2, -0.15) is 0 Å². The number of benzene rings is 3.